The summed E-state index contributed by atoms with van der Waals surface area (Å²) in [7, 11) is -0.305. The van der Waals surface area contributed by atoms with Crippen LogP contribution in [0.3, 0.4) is 0 Å². The Morgan fingerprint density at radius 1 is 1.10 bits per heavy atom. The minimum Gasteiger partial charge on any atom is -0.432 e. The fourth-order valence-corrected chi connectivity index (χ4v) is 10.3. The number of rotatable bonds is 9. The van der Waals surface area contributed by atoms with E-state index in [0.29, 0.717) is 43.0 Å². The van der Waals surface area contributed by atoms with E-state index in [-0.39, 0.29) is 41.9 Å². The first-order chi connectivity index (χ1) is 19.6. The molecule has 0 aromatic rings. The van der Waals surface area contributed by atoms with Crippen molar-refractivity contribution >= 4 is 31.5 Å². The number of amides is 1. The van der Waals surface area contributed by atoms with E-state index in [2.05, 4.69) is 28.0 Å². The Morgan fingerprint density at radius 2 is 1.88 bits per heavy atom. The fraction of sp³-hybridized carbons (Fsp3) is 0.933. The van der Waals surface area contributed by atoms with Crippen LogP contribution in [0.25, 0.3) is 0 Å². The first-order valence-corrected chi connectivity index (χ1v) is 19.7. The highest BCUT2D eigenvalue weighted by atomic mass is 35.5. The van der Waals surface area contributed by atoms with Crippen molar-refractivity contribution in [2.75, 3.05) is 20.3 Å². The number of fused-ring (bicyclic) bond motifs is 3. The monoisotopic (exact) mass is 611 g/mol. The highest BCUT2D eigenvalue weighted by Gasteiger charge is 2.50. The Bertz CT molecular complexity index is 914. The van der Waals surface area contributed by atoms with Crippen molar-refractivity contribution in [2.45, 2.75) is 145 Å². The Hall–Kier alpha value is -0.593. The van der Waals surface area contributed by atoms with Gasteiger partial charge in [-0.25, -0.2) is 10.9 Å². The van der Waals surface area contributed by atoms with Gasteiger partial charge in [0.15, 0.2) is 8.32 Å². The predicted octanol–water partition coefficient (Wildman–Crippen LogP) is 3.91. The number of hydrazine groups is 1. The summed E-state index contributed by atoms with van der Waals surface area (Å²) >= 11 is 6.51. The van der Waals surface area contributed by atoms with Gasteiger partial charge >= 0.3 is 0 Å². The van der Waals surface area contributed by atoms with Gasteiger partial charge in [0.2, 0.25) is 5.91 Å². The highest BCUT2D eigenvalue weighted by molar-refractivity contribution is 6.71. The summed E-state index contributed by atoms with van der Waals surface area (Å²) in [6, 6.07) is 0.212. The van der Waals surface area contributed by atoms with Gasteiger partial charge in [-0.2, -0.15) is 0 Å². The third kappa shape index (κ3) is 7.74. The van der Waals surface area contributed by atoms with Crippen molar-refractivity contribution in [1.82, 2.24) is 21.1 Å². The van der Waals surface area contributed by atoms with E-state index in [1.54, 1.807) is 0 Å². The Morgan fingerprint density at radius 3 is 2.61 bits per heavy atom. The van der Waals surface area contributed by atoms with Gasteiger partial charge in [-0.1, -0.05) is 12.8 Å². The Labute approximate surface area is 253 Å². The zero-order valence-electron chi connectivity index (χ0n) is 25.6. The number of carbonyl (C=O) groups excluding carboxylic acids is 1. The molecule has 0 aromatic carbocycles. The van der Waals surface area contributed by atoms with Crippen molar-refractivity contribution < 1.29 is 19.1 Å². The van der Waals surface area contributed by atoms with Crippen LogP contribution < -0.4 is 16.2 Å². The lowest BCUT2D eigenvalue weighted by Gasteiger charge is -2.44. The molecule has 1 saturated heterocycles. The van der Waals surface area contributed by atoms with Gasteiger partial charge in [-0.3, -0.25) is 14.7 Å². The zero-order valence-corrected chi connectivity index (χ0v) is 27.4. The number of nitrogens with zero attached hydrogens (tertiary/aromatic N) is 2. The van der Waals surface area contributed by atoms with Crippen molar-refractivity contribution in [2.24, 2.45) is 16.8 Å². The number of alkyl halides is 1. The molecule has 234 valence electrons. The van der Waals surface area contributed by atoms with E-state index in [0.717, 1.165) is 70.6 Å². The lowest BCUT2D eigenvalue weighted by Crippen LogP contribution is -2.55. The van der Waals surface area contributed by atoms with Crippen LogP contribution in [-0.4, -0.2) is 91.9 Å². The summed E-state index contributed by atoms with van der Waals surface area (Å²) in [6.45, 7) is 7.28. The molecule has 8 atom stereocenters. The molecule has 4 N–H and O–H groups in total. The fourth-order valence-electron chi connectivity index (χ4n) is 8.28. The lowest BCUT2D eigenvalue weighted by atomic mass is 9.72. The van der Waals surface area contributed by atoms with Crippen molar-refractivity contribution in [1.29, 1.82) is 0 Å². The van der Waals surface area contributed by atoms with Crippen LogP contribution in [0.15, 0.2) is 4.99 Å². The van der Waals surface area contributed by atoms with Gasteiger partial charge in [0, 0.05) is 36.7 Å². The number of carbonyl (C=O) groups is 1. The SMILES string of the molecule is COC1CCC2C(C1)C(C1CCC(Cl)CC1)=N[C@@H](CC(=O)NCCOC1CCCC([Si](C)(C)O)C1)C1NNC(C)N21. The molecule has 3 aliphatic carbocycles. The van der Waals surface area contributed by atoms with Crippen LogP contribution in [0.4, 0.5) is 0 Å². The molecule has 2 heterocycles. The third-order valence-electron chi connectivity index (χ3n) is 10.6. The lowest BCUT2D eigenvalue weighted by molar-refractivity contribution is -0.122. The van der Waals surface area contributed by atoms with E-state index in [1.165, 1.54) is 5.71 Å². The Balaban J connectivity index is 1.24. The molecule has 11 heteroatoms. The molecular weight excluding hydrogens is 558 g/mol. The van der Waals surface area contributed by atoms with Crippen molar-refractivity contribution in [3.63, 3.8) is 0 Å². The molecule has 9 nitrogen and oxygen atoms in total. The number of ether oxygens (including phenoxy) is 2. The maximum atomic E-state index is 13.3. The topological polar surface area (TPSA) is 107 Å². The molecule has 1 amide bonds. The maximum Gasteiger partial charge on any atom is 0.222 e. The molecule has 5 aliphatic rings. The minimum absolute atomic E-state index is 0.0226. The molecule has 7 unspecified atom stereocenters. The van der Waals surface area contributed by atoms with Crippen molar-refractivity contribution in [3.05, 3.63) is 0 Å². The second-order valence-corrected chi connectivity index (χ2v) is 18.6. The molecule has 0 aromatic heterocycles. The molecule has 0 radical (unpaired) electrons. The van der Waals surface area contributed by atoms with Gasteiger partial charge in [-0.05, 0) is 89.3 Å². The van der Waals surface area contributed by atoms with Crippen LogP contribution >= 0.6 is 11.6 Å². The van der Waals surface area contributed by atoms with Crippen LogP contribution in [-0.2, 0) is 14.3 Å². The van der Waals surface area contributed by atoms with Crippen molar-refractivity contribution in [3.8, 4) is 0 Å². The van der Waals surface area contributed by atoms with Crippen LogP contribution in [0, 0.1) is 11.8 Å². The predicted molar refractivity (Wildman–Crippen MR) is 165 cm³/mol. The quantitative estimate of drug-likeness (QED) is 0.178. The third-order valence-corrected chi connectivity index (χ3v) is 13.6. The molecule has 4 fully saturated rings. The first-order valence-electron chi connectivity index (χ1n) is 16.3. The average molecular weight is 612 g/mol. The van der Waals surface area contributed by atoms with Gasteiger partial charge in [0.05, 0.1) is 43.6 Å². The van der Waals surface area contributed by atoms with Gasteiger partial charge < -0.3 is 19.6 Å². The molecule has 3 saturated carbocycles. The average Bonchev–Trinajstić information content (AvgIpc) is 3.28. The van der Waals surface area contributed by atoms with E-state index in [9.17, 15) is 9.59 Å². The zero-order chi connectivity index (χ0) is 29.1. The summed E-state index contributed by atoms with van der Waals surface area (Å²) in [6.07, 6.45) is 12.5. The van der Waals surface area contributed by atoms with E-state index in [1.807, 2.05) is 20.2 Å². The van der Waals surface area contributed by atoms with E-state index in [4.69, 9.17) is 26.1 Å². The van der Waals surface area contributed by atoms with Crippen LogP contribution in [0.5, 0.6) is 0 Å². The minimum atomic E-state index is -2.14. The van der Waals surface area contributed by atoms with Gasteiger partial charge in [-0.15, -0.1) is 11.6 Å². The second-order valence-electron chi connectivity index (χ2n) is 13.8. The Kier molecular flexibility index (Phi) is 10.9. The number of aliphatic imine (C=N–C) groups is 1. The van der Waals surface area contributed by atoms with E-state index < -0.39 is 8.32 Å². The summed E-state index contributed by atoms with van der Waals surface area (Å²) in [4.78, 5) is 31.9. The molecule has 2 aliphatic heterocycles. The number of hydrogen-bond acceptors (Lipinski definition) is 8. The molecule has 0 bridgehead atoms. The number of nitrogens with one attached hydrogen (secondary N) is 3. The van der Waals surface area contributed by atoms with Gasteiger partial charge in [0.25, 0.3) is 0 Å². The molecule has 0 spiro atoms. The largest absolute Gasteiger partial charge is 0.432 e. The van der Waals surface area contributed by atoms with Crippen LogP contribution in [0.2, 0.25) is 18.6 Å². The number of hydrogen-bond donors (Lipinski definition) is 4. The number of halogens is 1. The second kappa shape index (κ2) is 14.0. The summed E-state index contributed by atoms with van der Waals surface area (Å²) in [5.41, 5.74) is 8.67. The summed E-state index contributed by atoms with van der Waals surface area (Å²) < 4.78 is 12.0. The normalized spacial score (nSPS) is 40.3. The van der Waals surface area contributed by atoms with E-state index >= 15 is 0 Å². The molecule has 5 rings (SSSR count). The standard InChI is InChI=1S/C30H54ClN5O4Si/c1-19-34-35-30-26(18-28(37)32-14-15-40-23-6-5-7-24(16-23)41(3,4)38)33-29(20-8-10-21(31)11-9-20)25-17-22(39-2)12-13-27(25)36(19)30/h19-27,30,34-35,38H,5-18H2,1-4H3,(H,32,37)/t19?,20?,21?,22?,23?,24?,25?,26-,27?,30?/m0/s1. The maximum absolute atomic E-state index is 13.3. The first kappa shape index (κ1) is 31.8. The molecule has 41 heavy (non-hydrogen) atoms. The summed E-state index contributed by atoms with van der Waals surface area (Å²) in [5, 5.41) is 3.39. The van der Waals surface area contributed by atoms with Crippen LogP contribution in [0.1, 0.15) is 84.0 Å². The molecular formula is C30H54ClN5O4Si. The number of methoxy groups -OCH3 is 1. The van der Waals surface area contributed by atoms with Gasteiger partial charge in [0.1, 0.15) is 0 Å². The smallest absolute Gasteiger partial charge is 0.222 e. The summed E-state index contributed by atoms with van der Waals surface area (Å²) in [5.74, 6) is 0.795. The highest BCUT2D eigenvalue weighted by Crippen LogP contribution is 2.42.